The molecule has 0 aliphatic heterocycles. The molecule has 0 spiro atoms. The van der Waals surface area contributed by atoms with Gasteiger partial charge in [-0.2, -0.15) is 5.26 Å². The number of para-hydroxylation sites is 2. The van der Waals surface area contributed by atoms with E-state index in [4.69, 9.17) is 32.5 Å². The molecule has 5 nitrogen and oxygen atoms in total. The zero-order valence-electron chi connectivity index (χ0n) is 13.7. The number of hydrogen-bond acceptors (Lipinski definition) is 5. The second kappa shape index (κ2) is 7.96. The van der Waals surface area contributed by atoms with Crippen molar-refractivity contribution in [1.29, 1.82) is 5.26 Å². The average Bonchev–Trinajstić information content (AvgIpc) is 3.04. The lowest BCUT2D eigenvalue weighted by Gasteiger charge is -2.06. The maximum atomic E-state index is 9.52. The van der Waals surface area contributed by atoms with E-state index in [1.165, 1.54) is 0 Å². The Balaban J connectivity index is 1.91. The quantitative estimate of drug-likeness (QED) is 0.617. The van der Waals surface area contributed by atoms with Crippen LogP contribution in [-0.4, -0.2) is 12.3 Å². The van der Waals surface area contributed by atoms with Crippen molar-refractivity contribution in [2.75, 3.05) is 12.4 Å². The van der Waals surface area contributed by atoms with Gasteiger partial charge in [-0.15, -0.1) is 0 Å². The minimum absolute atomic E-state index is 0.248. The van der Waals surface area contributed by atoms with Gasteiger partial charge >= 0.3 is 0 Å². The number of nitriles is 1. The predicted octanol–water partition coefficient (Wildman–Crippen LogP) is 5.61. The van der Waals surface area contributed by atoms with E-state index in [9.17, 15) is 5.26 Å². The normalized spacial score (nSPS) is 10.7. The molecule has 3 rings (SSSR count). The topological polar surface area (TPSA) is 71.1 Å². The van der Waals surface area contributed by atoms with Gasteiger partial charge in [-0.1, -0.05) is 46.6 Å². The third-order valence-electron chi connectivity index (χ3n) is 3.61. The highest BCUT2D eigenvalue weighted by Gasteiger charge is 2.20. The molecule has 1 aromatic heterocycles. The molecular formula is C19H13Cl2N3O2. The van der Waals surface area contributed by atoms with Crippen LogP contribution in [0, 0.1) is 11.3 Å². The average molecular weight is 386 g/mol. The van der Waals surface area contributed by atoms with E-state index in [0.717, 1.165) is 5.69 Å². The smallest absolute Gasteiger partial charge is 0.179 e. The maximum Gasteiger partial charge on any atom is 0.179 e. The van der Waals surface area contributed by atoms with Crippen molar-refractivity contribution < 1.29 is 9.26 Å². The van der Waals surface area contributed by atoms with E-state index in [1.54, 1.807) is 37.6 Å². The summed E-state index contributed by atoms with van der Waals surface area (Å²) < 4.78 is 10.6. The Morgan fingerprint density at radius 3 is 2.58 bits per heavy atom. The van der Waals surface area contributed by atoms with E-state index in [2.05, 4.69) is 16.5 Å². The SMILES string of the molecule is COc1ccccc1NC=Cc1onc(-c2c(Cl)cccc2Cl)c1C#N. The third kappa shape index (κ3) is 3.52. The molecule has 2 aromatic carbocycles. The fourth-order valence-electron chi connectivity index (χ4n) is 2.39. The van der Waals surface area contributed by atoms with Gasteiger partial charge in [0.15, 0.2) is 5.76 Å². The van der Waals surface area contributed by atoms with E-state index in [0.29, 0.717) is 32.8 Å². The number of rotatable bonds is 5. The van der Waals surface area contributed by atoms with Crippen molar-refractivity contribution >= 4 is 35.0 Å². The lowest BCUT2D eigenvalue weighted by Crippen LogP contribution is -1.92. The first kappa shape index (κ1) is 17.9. The Morgan fingerprint density at radius 1 is 1.15 bits per heavy atom. The third-order valence-corrected chi connectivity index (χ3v) is 4.24. The first-order chi connectivity index (χ1) is 12.7. The Hall–Kier alpha value is -2.94. The van der Waals surface area contributed by atoms with Crippen molar-refractivity contribution in [2.45, 2.75) is 0 Å². The summed E-state index contributed by atoms with van der Waals surface area (Å²) in [5.41, 5.74) is 1.80. The lowest BCUT2D eigenvalue weighted by molar-refractivity contribution is 0.414. The molecule has 1 N–H and O–H groups in total. The summed E-state index contributed by atoms with van der Waals surface area (Å²) in [6.45, 7) is 0. The van der Waals surface area contributed by atoms with E-state index < -0.39 is 0 Å². The molecule has 130 valence electrons. The van der Waals surface area contributed by atoms with Gasteiger partial charge in [-0.05, 0) is 24.3 Å². The number of halogens is 2. The highest BCUT2D eigenvalue weighted by atomic mass is 35.5. The lowest BCUT2D eigenvalue weighted by atomic mass is 10.1. The summed E-state index contributed by atoms with van der Waals surface area (Å²) in [5.74, 6) is 0.986. The molecule has 0 fully saturated rings. The van der Waals surface area contributed by atoms with Crippen molar-refractivity contribution in [3.05, 3.63) is 70.0 Å². The molecule has 0 amide bonds. The number of ether oxygens (including phenoxy) is 1. The molecule has 0 aliphatic rings. The molecule has 7 heteroatoms. The Kier molecular flexibility index (Phi) is 5.47. The van der Waals surface area contributed by atoms with Crippen molar-refractivity contribution in [3.63, 3.8) is 0 Å². The van der Waals surface area contributed by atoms with Gasteiger partial charge in [-0.25, -0.2) is 0 Å². The molecule has 3 aromatic rings. The van der Waals surface area contributed by atoms with Gasteiger partial charge in [0, 0.05) is 17.8 Å². The van der Waals surface area contributed by atoms with Gasteiger partial charge < -0.3 is 14.6 Å². The van der Waals surface area contributed by atoms with Crippen LogP contribution >= 0.6 is 23.2 Å². The van der Waals surface area contributed by atoms with Crippen LogP contribution in [-0.2, 0) is 0 Å². The summed E-state index contributed by atoms with van der Waals surface area (Å²) >= 11 is 12.4. The van der Waals surface area contributed by atoms with Crippen LogP contribution in [0.25, 0.3) is 17.3 Å². The Labute approximate surface area is 160 Å². The van der Waals surface area contributed by atoms with Crippen LogP contribution in [0.4, 0.5) is 5.69 Å². The minimum atomic E-state index is 0.248. The van der Waals surface area contributed by atoms with E-state index in [-0.39, 0.29) is 5.56 Å². The molecule has 0 bridgehead atoms. The van der Waals surface area contributed by atoms with Gasteiger partial charge in [0.25, 0.3) is 0 Å². The van der Waals surface area contributed by atoms with Crippen LogP contribution in [0.3, 0.4) is 0 Å². The largest absolute Gasteiger partial charge is 0.495 e. The van der Waals surface area contributed by atoms with Gasteiger partial charge in [0.05, 0.1) is 22.8 Å². The van der Waals surface area contributed by atoms with E-state index in [1.807, 2.05) is 24.3 Å². The summed E-state index contributed by atoms with van der Waals surface area (Å²) in [6, 6.07) is 14.6. The number of methoxy groups -OCH3 is 1. The molecule has 0 saturated heterocycles. The predicted molar refractivity (Wildman–Crippen MR) is 102 cm³/mol. The summed E-state index contributed by atoms with van der Waals surface area (Å²) in [5, 5.41) is 17.4. The second-order valence-corrected chi connectivity index (χ2v) is 5.97. The Morgan fingerprint density at radius 2 is 1.88 bits per heavy atom. The van der Waals surface area contributed by atoms with Gasteiger partial charge in [-0.3, -0.25) is 0 Å². The number of nitrogens with zero attached hydrogens (tertiary/aromatic N) is 2. The molecule has 0 unspecified atom stereocenters. The second-order valence-electron chi connectivity index (χ2n) is 5.16. The standard InChI is InChI=1S/C19H13Cl2N3O2/c1-25-17-8-3-2-7-15(17)23-10-9-16-12(11-22)19(24-26-16)18-13(20)5-4-6-14(18)21/h2-10,23H,1H3. The minimum Gasteiger partial charge on any atom is -0.495 e. The molecular weight excluding hydrogens is 373 g/mol. The van der Waals surface area contributed by atoms with Gasteiger partial charge in [0.2, 0.25) is 0 Å². The van der Waals surface area contributed by atoms with Crippen LogP contribution in [0.1, 0.15) is 11.3 Å². The summed E-state index contributed by atoms with van der Waals surface area (Å²) in [4.78, 5) is 0. The molecule has 26 heavy (non-hydrogen) atoms. The Bertz CT molecular complexity index is 986. The number of anilines is 1. The number of aromatic nitrogens is 1. The van der Waals surface area contributed by atoms with Crippen LogP contribution in [0.2, 0.25) is 10.0 Å². The molecule has 0 radical (unpaired) electrons. The van der Waals surface area contributed by atoms with Crippen LogP contribution < -0.4 is 10.1 Å². The molecule has 0 saturated carbocycles. The fraction of sp³-hybridized carbons (Fsp3) is 0.0526. The first-order valence-corrected chi connectivity index (χ1v) is 8.31. The molecule has 0 atom stereocenters. The summed E-state index contributed by atoms with van der Waals surface area (Å²) in [7, 11) is 1.59. The van der Waals surface area contributed by atoms with Gasteiger partial charge in [0.1, 0.15) is 23.1 Å². The summed E-state index contributed by atoms with van der Waals surface area (Å²) in [6.07, 6.45) is 3.24. The fourth-order valence-corrected chi connectivity index (χ4v) is 2.97. The van der Waals surface area contributed by atoms with Crippen molar-refractivity contribution in [3.8, 4) is 23.1 Å². The van der Waals surface area contributed by atoms with Crippen molar-refractivity contribution in [1.82, 2.24) is 5.16 Å². The van der Waals surface area contributed by atoms with E-state index >= 15 is 0 Å². The first-order valence-electron chi connectivity index (χ1n) is 7.56. The number of hydrogen-bond donors (Lipinski definition) is 1. The highest BCUT2D eigenvalue weighted by Crippen LogP contribution is 2.36. The zero-order chi connectivity index (χ0) is 18.5. The maximum absolute atomic E-state index is 9.52. The van der Waals surface area contributed by atoms with Crippen LogP contribution in [0.5, 0.6) is 5.75 Å². The zero-order valence-corrected chi connectivity index (χ0v) is 15.2. The highest BCUT2D eigenvalue weighted by molar-refractivity contribution is 6.39. The molecule has 0 aliphatic carbocycles. The number of benzene rings is 2. The number of nitrogens with one attached hydrogen (secondary N) is 1. The van der Waals surface area contributed by atoms with Crippen LogP contribution in [0.15, 0.2) is 53.2 Å². The molecule has 1 heterocycles. The van der Waals surface area contributed by atoms with Crippen molar-refractivity contribution in [2.24, 2.45) is 0 Å². The monoisotopic (exact) mass is 385 g/mol.